The maximum atomic E-state index is 9.67. The molecule has 0 aliphatic heterocycles. The lowest BCUT2D eigenvalue weighted by atomic mass is 10.2. The van der Waals surface area contributed by atoms with Gasteiger partial charge in [0.25, 0.3) is 0 Å². The standard InChI is InChI=1S/C10H14N2O3/c1-12(7-10(13)8-15-11-14)9-5-3-2-4-6-9/h2-6,10,13H,7-8H2,1H3. The van der Waals surface area contributed by atoms with Crippen molar-refractivity contribution >= 4 is 5.69 Å². The summed E-state index contributed by atoms with van der Waals surface area (Å²) in [4.78, 5) is 15.8. The van der Waals surface area contributed by atoms with Gasteiger partial charge in [0, 0.05) is 19.3 Å². The zero-order valence-corrected chi connectivity index (χ0v) is 8.54. The molecule has 1 rings (SSSR count). The average molecular weight is 210 g/mol. The van der Waals surface area contributed by atoms with Crippen LogP contribution in [0.15, 0.2) is 35.7 Å². The summed E-state index contributed by atoms with van der Waals surface area (Å²) >= 11 is 0. The van der Waals surface area contributed by atoms with Crippen molar-refractivity contribution in [2.45, 2.75) is 6.10 Å². The highest BCUT2D eigenvalue weighted by Crippen LogP contribution is 2.11. The van der Waals surface area contributed by atoms with Crippen LogP contribution in [0.25, 0.3) is 0 Å². The maximum Gasteiger partial charge on any atom is 0.155 e. The van der Waals surface area contributed by atoms with Crippen LogP contribution in [0.5, 0.6) is 0 Å². The van der Waals surface area contributed by atoms with Crippen molar-refractivity contribution in [3.8, 4) is 0 Å². The first kappa shape index (κ1) is 11.5. The fourth-order valence-electron chi connectivity index (χ4n) is 1.27. The average Bonchev–Trinajstić information content (AvgIpc) is 2.27. The van der Waals surface area contributed by atoms with Gasteiger partial charge in [0.05, 0.1) is 0 Å². The van der Waals surface area contributed by atoms with Gasteiger partial charge in [0.15, 0.2) is 5.34 Å². The van der Waals surface area contributed by atoms with Gasteiger partial charge in [0.1, 0.15) is 12.7 Å². The number of para-hydroxylation sites is 1. The second-order valence-corrected chi connectivity index (χ2v) is 3.24. The zero-order valence-electron chi connectivity index (χ0n) is 8.54. The molecule has 82 valence electrons. The highest BCUT2D eigenvalue weighted by Gasteiger charge is 2.09. The van der Waals surface area contributed by atoms with Crippen molar-refractivity contribution < 1.29 is 9.94 Å². The lowest BCUT2D eigenvalue weighted by Gasteiger charge is -2.21. The van der Waals surface area contributed by atoms with Crippen molar-refractivity contribution in [3.63, 3.8) is 0 Å². The van der Waals surface area contributed by atoms with E-state index in [1.807, 2.05) is 42.3 Å². The SMILES string of the molecule is CN(CC(O)CON=O)c1ccccc1. The first-order valence-corrected chi connectivity index (χ1v) is 4.63. The van der Waals surface area contributed by atoms with E-state index in [-0.39, 0.29) is 6.61 Å². The van der Waals surface area contributed by atoms with Crippen LogP contribution in [0.2, 0.25) is 0 Å². The number of aliphatic hydroxyl groups excluding tert-OH is 1. The van der Waals surface area contributed by atoms with Crippen molar-refractivity contribution in [2.24, 2.45) is 5.34 Å². The number of rotatable bonds is 6. The van der Waals surface area contributed by atoms with Gasteiger partial charge in [-0.3, -0.25) is 0 Å². The molecule has 0 aliphatic carbocycles. The third-order valence-electron chi connectivity index (χ3n) is 2.00. The van der Waals surface area contributed by atoms with Gasteiger partial charge >= 0.3 is 0 Å². The van der Waals surface area contributed by atoms with Crippen LogP contribution < -0.4 is 4.90 Å². The monoisotopic (exact) mass is 210 g/mol. The van der Waals surface area contributed by atoms with E-state index in [0.717, 1.165) is 5.69 Å². The molecule has 0 saturated heterocycles. The van der Waals surface area contributed by atoms with Crippen molar-refractivity contribution in [3.05, 3.63) is 35.2 Å². The molecule has 0 bridgehead atoms. The molecule has 5 nitrogen and oxygen atoms in total. The highest BCUT2D eigenvalue weighted by atomic mass is 16.7. The topological polar surface area (TPSA) is 62.1 Å². The fraction of sp³-hybridized carbons (Fsp3) is 0.400. The van der Waals surface area contributed by atoms with E-state index in [1.54, 1.807) is 0 Å². The van der Waals surface area contributed by atoms with Gasteiger partial charge in [-0.2, -0.15) is 0 Å². The molecule has 0 heterocycles. The number of anilines is 1. The molecule has 1 unspecified atom stereocenters. The molecule has 1 aromatic rings. The van der Waals surface area contributed by atoms with E-state index in [1.165, 1.54) is 0 Å². The van der Waals surface area contributed by atoms with E-state index in [9.17, 15) is 10.0 Å². The van der Waals surface area contributed by atoms with Crippen LogP contribution in [0.3, 0.4) is 0 Å². The first-order valence-electron chi connectivity index (χ1n) is 4.63. The Morgan fingerprint density at radius 3 is 2.73 bits per heavy atom. The van der Waals surface area contributed by atoms with Crippen LogP contribution in [0, 0.1) is 4.91 Å². The molecule has 15 heavy (non-hydrogen) atoms. The third kappa shape index (κ3) is 3.95. The van der Waals surface area contributed by atoms with E-state index in [0.29, 0.717) is 6.54 Å². The number of likely N-dealkylation sites (N-methyl/N-ethyl adjacent to an activating group) is 1. The van der Waals surface area contributed by atoms with Gasteiger partial charge in [-0.15, -0.1) is 4.91 Å². The molecular formula is C10H14N2O3. The van der Waals surface area contributed by atoms with Gasteiger partial charge in [-0.1, -0.05) is 18.2 Å². The van der Waals surface area contributed by atoms with Crippen LogP contribution >= 0.6 is 0 Å². The predicted molar refractivity (Wildman–Crippen MR) is 57.5 cm³/mol. The Morgan fingerprint density at radius 2 is 2.13 bits per heavy atom. The summed E-state index contributed by atoms with van der Waals surface area (Å²) in [5, 5.41) is 11.7. The number of hydrogen-bond acceptors (Lipinski definition) is 5. The van der Waals surface area contributed by atoms with Gasteiger partial charge in [-0.05, 0) is 12.1 Å². The van der Waals surface area contributed by atoms with E-state index >= 15 is 0 Å². The second kappa shape index (κ2) is 5.98. The maximum absolute atomic E-state index is 9.67. The lowest BCUT2D eigenvalue weighted by Crippen LogP contribution is -2.31. The molecule has 1 atom stereocenters. The predicted octanol–water partition coefficient (Wildman–Crippen LogP) is 1.18. The summed E-state index contributed by atoms with van der Waals surface area (Å²) in [7, 11) is 1.85. The van der Waals surface area contributed by atoms with E-state index in [2.05, 4.69) is 10.2 Å². The van der Waals surface area contributed by atoms with Crippen LogP contribution in [0.1, 0.15) is 0 Å². The highest BCUT2D eigenvalue weighted by molar-refractivity contribution is 5.45. The minimum atomic E-state index is -0.729. The Hall–Kier alpha value is -1.62. The fourth-order valence-corrected chi connectivity index (χ4v) is 1.27. The van der Waals surface area contributed by atoms with Crippen LogP contribution in [-0.4, -0.2) is 31.4 Å². The quantitative estimate of drug-likeness (QED) is 0.565. The molecule has 5 heteroatoms. The smallest absolute Gasteiger partial charge is 0.155 e. The molecular weight excluding hydrogens is 196 g/mol. The van der Waals surface area contributed by atoms with Crippen molar-refractivity contribution in [2.75, 3.05) is 25.1 Å². The molecule has 0 fully saturated rings. The molecule has 0 aromatic heterocycles. The Kier molecular flexibility index (Phi) is 4.56. The third-order valence-corrected chi connectivity index (χ3v) is 2.00. The summed E-state index contributed by atoms with van der Waals surface area (Å²) < 4.78 is 0. The Labute approximate surface area is 88.2 Å². The number of nitrogens with zero attached hydrogens (tertiary/aromatic N) is 2. The summed E-state index contributed by atoms with van der Waals surface area (Å²) in [5.74, 6) is 0. The van der Waals surface area contributed by atoms with Gasteiger partial charge in [0.2, 0.25) is 0 Å². The second-order valence-electron chi connectivity index (χ2n) is 3.24. The molecule has 0 amide bonds. The zero-order chi connectivity index (χ0) is 11.1. The molecule has 1 aromatic carbocycles. The van der Waals surface area contributed by atoms with Gasteiger partial charge < -0.3 is 14.8 Å². The first-order chi connectivity index (χ1) is 7.24. The minimum Gasteiger partial charge on any atom is -0.388 e. The summed E-state index contributed by atoms with van der Waals surface area (Å²) in [6.07, 6.45) is -0.729. The number of aliphatic hydroxyl groups is 1. The molecule has 0 spiro atoms. The van der Waals surface area contributed by atoms with E-state index < -0.39 is 6.10 Å². The van der Waals surface area contributed by atoms with E-state index in [4.69, 9.17) is 0 Å². The molecule has 0 aliphatic rings. The lowest BCUT2D eigenvalue weighted by molar-refractivity contribution is 0.0420. The van der Waals surface area contributed by atoms with Crippen molar-refractivity contribution in [1.82, 2.24) is 0 Å². The molecule has 1 N–H and O–H groups in total. The Balaban J connectivity index is 2.41. The van der Waals surface area contributed by atoms with Crippen molar-refractivity contribution in [1.29, 1.82) is 0 Å². The largest absolute Gasteiger partial charge is 0.388 e. The number of benzene rings is 1. The summed E-state index contributed by atoms with van der Waals surface area (Å²) in [6.45, 7) is 0.306. The minimum absolute atomic E-state index is 0.0827. The number of hydrogen-bond donors (Lipinski definition) is 1. The molecule has 0 radical (unpaired) electrons. The Morgan fingerprint density at radius 1 is 1.47 bits per heavy atom. The normalized spacial score (nSPS) is 11.9. The summed E-state index contributed by atoms with van der Waals surface area (Å²) in [6, 6.07) is 9.63. The van der Waals surface area contributed by atoms with Gasteiger partial charge in [-0.25, -0.2) is 0 Å². The molecule has 0 saturated carbocycles. The van der Waals surface area contributed by atoms with Crippen LogP contribution in [0.4, 0.5) is 5.69 Å². The summed E-state index contributed by atoms with van der Waals surface area (Å²) in [5.41, 5.74) is 0.996. The van der Waals surface area contributed by atoms with Crippen LogP contribution in [-0.2, 0) is 4.84 Å². The Bertz CT molecular complexity index is 292.